The Morgan fingerprint density at radius 1 is 0.735 bits per heavy atom. The van der Waals surface area contributed by atoms with Crippen molar-refractivity contribution in [2.75, 3.05) is 0 Å². The standard InChI is InChI=1S/C28H26O6/c29-27(30)24-16-25(32-18-21-10-4-1-5-11-21)26(33-19-22-12-6-2-7-13-22)28(31,17-24)34-20-23-14-8-3-9-15-23/h1-16,31H,17-20H2,(H,29,30). The fourth-order valence-corrected chi connectivity index (χ4v) is 3.59. The molecule has 2 N–H and O–H groups in total. The highest BCUT2D eigenvalue weighted by Gasteiger charge is 2.43. The fourth-order valence-electron chi connectivity index (χ4n) is 3.59. The first-order chi connectivity index (χ1) is 16.5. The first-order valence-corrected chi connectivity index (χ1v) is 11.0. The molecule has 3 aromatic rings. The average molecular weight is 459 g/mol. The second-order valence-electron chi connectivity index (χ2n) is 7.95. The van der Waals surface area contributed by atoms with Crippen LogP contribution in [0.5, 0.6) is 0 Å². The lowest BCUT2D eigenvalue weighted by Crippen LogP contribution is -2.40. The zero-order valence-electron chi connectivity index (χ0n) is 18.6. The van der Waals surface area contributed by atoms with Crippen molar-refractivity contribution in [3.8, 4) is 0 Å². The zero-order valence-corrected chi connectivity index (χ0v) is 18.6. The van der Waals surface area contributed by atoms with Crippen LogP contribution in [0.25, 0.3) is 0 Å². The van der Waals surface area contributed by atoms with Gasteiger partial charge in [0.2, 0.25) is 5.79 Å². The quantitative estimate of drug-likeness (QED) is 0.418. The van der Waals surface area contributed by atoms with Crippen LogP contribution in [-0.4, -0.2) is 22.0 Å². The number of carboxylic acid groups (broad SMARTS) is 1. The minimum atomic E-state index is -2.01. The maximum atomic E-state index is 11.9. The first-order valence-electron chi connectivity index (χ1n) is 11.0. The van der Waals surface area contributed by atoms with Crippen LogP contribution in [-0.2, 0) is 38.8 Å². The number of carboxylic acids is 1. The molecule has 6 heteroatoms. The Hall–Kier alpha value is -3.87. The molecular formula is C28H26O6. The summed E-state index contributed by atoms with van der Waals surface area (Å²) in [6, 6.07) is 28.3. The molecule has 1 atom stereocenters. The van der Waals surface area contributed by atoms with Crippen LogP contribution in [0.15, 0.2) is 114 Å². The van der Waals surface area contributed by atoms with Crippen molar-refractivity contribution in [2.24, 2.45) is 0 Å². The van der Waals surface area contributed by atoms with Crippen LogP contribution in [0.1, 0.15) is 23.1 Å². The number of benzene rings is 3. The molecule has 0 saturated heterocycles. The Balaban J connectivity index is 1.66. The molecule has 0 fully saturated rings. The van der Waals surface area contributed by atoms with Crippen molar-refractivity contribution in [1.82, 2.24) is 0 Å². The highest BCUT2D eigenvalue weighted by molar-refractivity contribution is 5.87. The summed E-state index contributed by atoms with van der Waals surface area (Å²) in [5.41, 5.74) is 2.57. The van der Waals surface area contributed by atoms with Gasteiger partial charge in [0, 0.05) is 12.0 Å². The lowest BCUT2D eigenvalue weighted by molar-refractivity contribution is -0.212. The summed E-state index contributed by atoms with van der Waals surface area (Å²) in [5, 5.41) is 21.3. The van der Waals surface area contributed by atoms with Crippen LogP contribution in [0.2, 0.25) is 0 Å². The number of hydrogen-bond donors (Lipinski definition) is 2. The Morgan fingerprint density at radius 3 is 1.71 bits per heavy atom. The third-order valence-corrected chi connectivity index (χ3v) is 5.37. The van der Waals surface area contributed by atoms with E-state index < -0.39 is 11.8 Å². The van der Waals surface area contributed by atoms with Gasteiger partial charge in [0.05, 0.1) is 6.61 Å². The SMILES string of the molecule is O=C(O)C1=CC(OCc2ccccc2)=C(OCc2ccccc2)C(O)(OCc2ccccc2)C1. The van der Waals surface area contributed by atoms with Gasteiger partial charge >= 0.3 is 5.97 Å². The van der Waals surface area contributed by atoms with Crippen molar-refractivity contribution in [3.63, 3.8) is 0 Å². The third kappa shape index (κ3) is 5.92. The number of rotatable bonds is 10. The van der Waals surface area contributed by atoms with E-state index in [1.54, 1.807) is 0 Å². The van der Waals surface area contributed by atoms with E-state index in [9.17, 15) is 15.0 Å². The molecule has 0 heterocycles. The van der Waals surface area contributed by atoms with E-state index in [0.717, 1.165) is 16.7 Å². The van der Waals surface area contributed by atoms with Crippen LogP contribution in [0.3, 0.4) is 0 Å². The molecule has 1 aliphatic rings. The molecule has 34 heavy (non-hydrogen) atoms. The monoisotopic (exact) mass is 458 g/mol. The molecule has 4 rings (SSSR count). The van der Waals surface area contributed by atoms with Crippen molar-refractivity contribution in [2.45, 2.75) is 32.0 Å². The molecule has 6 nitrogen and oxygen atoms in total. The van der Waals surface area contributed by atoms with Gasteiger partial charge in [-0.1, -0.05) is 91.0 Å². The number of allylic oxidation sites excluding steroid dienone is 1. The lowest BCUT2D eigenvalue weighted by atomic mass is 9.96. The Kier molecular flexibility index (Phi) is 7.42. The predicted octanol–water partition coefficient (Wildman–Crippen LogP) is 4.95. The molecule has 0 bridgehead atoms. The van der Waals surface area contributed by atoms with Crippen molar-refractivity contribution < 1.29 is 29.2 Å². The second kappa shape index (κ2) is 10.8. The Labute approximate surface area is 198 Å². The summed E-state index contributed by atoms with van der Waals surface area (Å²) in [6.07, 6.45) is 1.11. The minimum absolute atomic E-state index is 0.0364. The second-order valence-corrected chi connectivity index (χ2v) is 7.95. The molecule has 0 aromatic heterocycles. The molecule has 0 spiro atoms. The number of carbonyl (C=O) groups is 1. The topological polar surface area (TPSA) is 85.2 Å². The molecule has 0 radical (unpaired) electrons. The van der Waals surface area contributed by atoms with Gasteiger partial charge < -0.3 is 24.4 Å². The van der Waals surface area contributed by atoms with Gasteiger partial charge in [-0.3, -0.25) is 0 Å². The summed E-state index contributed by atoms with van der Waals surface area (Å²) in [4.78, 5) is 11.9. The molecule has 0 amide bonds. The van der Waals surface area contributed by atoms with Gasteiger partial charge in [-0.05, 0) is 22.8 Å². The molecule has 0 saturated carbocycles. The number of aliphatic carboxylic acids is 1. The summed E-state index contributed by atoms with van der Waals surface area (Å²) < 4.78 is 17.9. The normalized spacial score (nSPS) is 17.7. The smallest absolute Gasteiger partial charge is 0.331 e. The van der Waals surface area contributed by atoms with Crippen LogP contribution < -0.4 is 0 Å². The van der Waals surface area contributed by atoms with E-state index in [2.05, 4.69) is 0 Å². The zero-order chi connectivity index (χ0) is 23.8. The fraction of sp³-hybridized carbons (Fsp3) is 0.179. The van der Waals surface area contributed by atoms with E-state index in [4.69, 9.17) is 14.2 Å². The van der Waals surface area contributed by atoms with Gasteiger partial charge in [0.25, 0.3) is 0 Å². The number of aliphatic hydroxyl groups is 1. The highest BCUT2D eigenvalue weighted by atomic mass is 16.7. The molecular weight excluding hydrogens is 432 g/mol. The Bertz CT molecular complexity index is 1160. The lowest BCUT2D eigenvalue weighted by Gasteiger charge is -2.34. The maximum absolute atomic E-state index is 11.9. The molecule has 1 unspecified atom stereocenters. The van der Waals surface area contributed by atoms with E-state index in [0.29, 0.717) is 0 Å². The number of hydrogen-bond acceptors (Lipinski definition) is 5. The molecule has 0 aliphatic heterocycles. The van der Waals surface area contributed by atoms with Gasteiger partial charge in [0.1, 0.15) is 13.2 Å². The highest BCUT2D eigenvalue weighted by Crippen LogP contribution is 2.37. The first kappa shape index (κ1) is 23.3. The average Bonchev–Trinajstić information content (AvgIpc) is 2.87. The van der Waals surface area contributed by atoms with Crippen molar-refractivity contribution >= 4 is 5.97 Å². The van der Waals surface area contributed by atoms with Crippen LogP contribution >= 0.6 is 0 Å². The van der Waals surface area contributed by atoms with E-state index in [-0.39, 0.29) is 43.3 Å². The Morgan fingerprint density at radius 2 is 1.21 bits per heavy atom. The molecule has 3 aromatic carbocycles. The molecule has 174 valence electrons. The maximum Gasteiger partial charge on any atom is 0.331 e. The van der Waals surface area contributed by atoms with Gasteiger partial charge in [-0.15, -0.1) is 0 Å². The summed E-state index contributed by atoms with van der Waals surface area (Å²) in [6.45, 7) is 0.391. The van der Waals surface area contributed by atoms with Gasteiger partial charge in [-0.25, -0.2) is 4.79 Å². The van der Waals surface area contributed by atoms with Crippen LogP contribution in [0.4, 0.5) is 0 Å². The molecule has 1 aliphatic carbocycles. The van der Waals surface area contributed by atoms with Crippen molar-refractivity contribution in [3.05, 3.63) is 131 Å². The summed E-state index contributed by atoms with van der Waals surface area (Å²) in [7, 11) is 0. The largest absolute Gasteiger partial charge is 0.485 e. The van der Waals surface area contributed by atoms with Gasteiger partial charge in [0.15, 0.2) is 11.5 Å². The van der Waals surface area contributed by atoms with E-state index in [1.165, 1.54) is 6.08 Å². The van der Waals surface area contributed by atoms with Gasteiger partial charge in [-0.2, -0.15) is 0 Å². The summed E-state index contributed by atoms with van der Waals surface area (Å²) in [5.74, 6) is -3.00. The summed E-state index contributed by atoms with van der Waals surface area (Å²) >= 11 is 0. The third-order valence-electron chi connectivity index (χ3n) is 5.37. The van der Waals surface area contributed by atoms with Crippen LogP contribution in [0, 0.1) is 0 Å². The van der Waals surface area contributed by atoms with E-state index >= 15 is 0 Å². The predicted molar refractivity (Wildman–Crippen MR) is 126 cm³/mol. The van der Waals surface area contributed by atoms with Crippen molar-refractivity contribution in [1.29, 1.82) is 0 Å². The van der Waals surface area contributed by atoms with E-state index in [1.807, 2.05) is 91.0 Å². The minimum Gasteiger partial charge on any atom is -0.485 e. The number of ether oxygens (including phenoxy) is 3.